The minimum absolute atomic E-state index is 0.0697. The molecule has 0 bridgehead atoms. The molecule has 0 aliphatic rings. The first-order valence-corrected chi connectivity index (χ1v) is 8.30. The van der Waals surface area contributed by atoms with E-state index in [1.807, 2.05) is 20.8 Å². The van der Waals surface area contributed by atoms with Gasteiger partial charge in [-0.2, -0.15) is 0 Å². The van der Waals surface area contributed by atoms with Crippen LogP contribution in [0.1, 0.15) is 44.0 Å². The Morgan fingerprint density at radius 1 is 1.25 bits per heavy atom. The van der Waals surface area contributed by atoms with Crippen LogP contribution in [0, 0.1) is 5.92 Å². The summed E-state index contributed by atoms with van der Waals surface area (Å²) in [5.74, 6) is -0.213. The van der Waals surface area contributed by atoms with Crippen LogP contribution in [0.4, 0.5) is 0 Å². The number of para-hydroxylation sites is 1. The molecule has 2 unspecified atom stereocenters. The first-order valence-electron chi connectivity index (χ1n) is 8.30. The maximum Gasteiger partial charge on any atom is 0.255 e. The van der Waals surface area contributed by atoms with Crippen molar-refractivity contribution in [2.45, 2.75) is 45.8 Å². The number of carbonyl (C=O) groups excluding carboxylic acids is 2. The van der Waals surface area contributed by atoms with E-state index in [-0.39, 0.29) is 17.7 Å². The summed E-state index contributed by atoms with van der Waals surface area (Å²) in [6.45, 7) is 6.00. The van der Waals surface area contributed by atoms with E-state index in [1.165, 1.54) is 7.11 Å². The number of amides is 2. The maximum atomic E-state index is 12.5. The van der Waals surface area contributed by atoms with Gasteiger partial charge in [-0.1, -0.05) is 32.9 Å². The zero-order valence-corrected chi connectivity index (χ0v) is 14.8. The van der Waals surface area contributed by atoms with Gasteiger partial charge in [-0.15, -0.1) is 0 Å². The monoisotopic (exact) mass is 336 g/mol. The molecule has 0 aliphatic carbocycles. The topological polar surface area (TPSA) is 87.7 Å². The molecule has 0 radical (unpaired) electrons. The maximum absolute atomic E-state index is 12.5. The van der Waals surface area contributed by atoms with Crippen molar-refractivity contribution >= 4 is 11.8 Å². The molecule has 0 fully saturated rings. The number of aliphatic hydroxyl groups is 1. The lowest BCUT2D eigenvalue weighted by atomic mass is 10.0. The van der Waals surface area contributed by atoms with Gasteiger partial charge in [0.15, 0.2) is 0 Å². The van der Waals surface area contributed by atoms with Gasteiger partial charge in [0, 0.05) is 6.54 Å². The predicted molar refractivity (Wildman–Crippen MR) is 93.0 cm³/mol. The molecule has 0 heterocycles. The smallest absolute Gasteiger partial charge is 0.255 e. The molecule has 0 aliphatic heterocycles. The Kier molecular flexibility index (Phi) is 8.26. The van der Waals surface area contributed by atoms with Gasteiger partial charge in [0.05, 0.1) is 18.8 Å². The second-order valence-corrected chi connectivity index (χ2v) is 6.04. The largest absolute Gasteiger partial charge is 0.496 e. The van der Waals surface area contributed by atoms with Crippen LogP contribution in [-0.4, -0.2) is 42.7 Å². The molecule has 2 amide bonds. The van der Waals surface area contributed by atoms with Crippen molar-refractivity contribution in [2.24, 2.45) is 5.92 Å². The quantitative estimate of drug-likeness (QED) is 0.641. The number of rotatable bonds is 9. The van der Waals surface area contributed by atoms with Crippen molar-refractivity contribution in [3.05, 3.63) is 29.8 Å². The molecule has 1 aromatic rings. The van der Waals surface area contributed by atoms with Crippen LogP contribution in [0.5, 0.6) is 5.75 Å². The van der Waals surface area contributed by atoms with Crippen molar-refractivity contribution < 1.29 is 19.4 Å². The van der Waals surface area contributed by atoms with E-state index in [0.717, 1.165) is 0 Å². The Hall–Kier alpha value is -2.08. The zero-order valence-electron chi connectivity index (χ0n) is 14.8. The molecule has 0 saturated heterocycles. The molecular weight excluding hydrogens is 308 g/mol. The molecular formula is C18H28N2O4. The van der Waals surface area contributed by atoms with E-state index in [1.54, 1.807) is 24.3 Å². The predicted octanol–water partition coefficient (Wildman–Crippen LogP) is 1.73. The van der Waals surface area contributed by atoms with Crippen molar-refractivity contribution in [2.75, 3.05) is 13.7 Å². The van der Waals surface area contributed by atoms with Crippen molar-refractivity contribution in [3.63, 3.8) is 0 Å². The van der Waals surface area contributed by atoms with Crippen molar-refractivity contribution in [1.29, 1.82) is 0 Å². The zero-order chi connectivity index (χ0) is 18.1. The first-order chi connectivity index (χ1) is 11.4. The summed E-state index contributed by atoms with van der Waals surface area (Å²) in [6.07, 6.45) is 0.715. The molecule has 134 valence electrons. The van der Waals surface area contributed by atoms with E-state index in [4.69, 9.17) is 4.74 Å². The third-order valence-electron chi connectivity index (χ3n) is 3.84. The molecule has 1 rings (SSSR count). The van der Waals surface area contributed by atoms with E-state index < -0.39 is 12.1 Å². The number of carbonyl (C=O) groups is 2. The van der Waals surface area contributed by atoms with Gasteiger partial charge in [0.2, 0.25) is 5.91 Å². The summed E-state index contributed by atoms with van der Waals surface area (Å²) >= 11 is 0. The van der Waals surface area contributed by atoms with Crippen LogP contribution >= 0.6 is 0 Å². The van der Waals surface area contributed by atoms with Gasteiger partial charge in [-0.25, -0.2) is 0 Å². The molecule has 2 atom stereocenters. The van der Waals surface area contributed by atoms with Crippen LogP contribution < -0.4 is 15.4 Å². The number of ether oxygens (including phenoxy) is 1. The average Bonchev–Trinajstić information content (AvgIpc) is 2.58. The molecule has 0 aromatic heterocycles. The second-order valence-electron chi connectivity index (χ2n) is 6.04. The van der Waals surface area contributed by atoms with E-state index in [2.05, 4.69) is 10.6 Å². The fourth-order valence-electron chi connectivity index (χ4n) is 2.26. The molecule has 6 nitrogen and oxygen atoms in total. The fourth-order valence-corrected chi connectivity index (χ4v) is 2.26. The van der Waals surface area contributed by atoms with Gasteiger partial charge in [-0.3, -0.25) is 9.59 Å². The second kappa shape index (κ2) is 9.93. The normalized spacial score (nSPS) is 13.2. The number of aliphatic hydroxyl groups excluding tert-OH is 1. The lowest BCUT2D eigenvalue weighted by Gasteiger charge is -2.22. The lowest BCUT2D eigenvalue weighted by molar-refractivity contribution is -0.124. The highest BCUT2D eigenvalue weighted by atomic mass is 16.5. The van der Waals surface area contributed by atoms with Crippen LogP contribution in [0.3, 0.4) is 0 Å². The Balaban J connectivity index is 2.71. The first kappa shape index (κ1) is 20.0. The molecule has 6 heteroatoms. The van der Waals surface area contributed by atoms with Gasteiger partial charge in [0.1, 0.15) is 11.8 Å². The Labute approximate surface area is 143 Å². The Morgan fingerprint density at radius 3 is 2.50 bits per heavy atom. The van der Waals surface area contributed by atoms with Gasteiger partial charge in [0.25, 0.3) is 5.91 Å². The number of hydrogen-bond donors (Lipinski definition) is 3. The van der Waals surface area contributed by atoms with Crippen LogP contribution in [0.25, 0.3) is 0 Å². The molecule has 1 aromatic carbocycles. The van der Waals surface area contributed by atoms with Crippen molar-refractivity contribution in [3.8, 4) is 5.75 Å². The third kappa shape index (κ3) is 5.85. The number of hydrogen-bond acceptors (Lipinski definition) is 4. The van der Waals surface area contributed by atoms with Gasteiger partial charge >= 0.3 is 0 Å². The average molecular weight is 336 g/mol. The minimum atomic E-state index is -0.652. The summed E-state index contributed by atoms with van der Waals surface area (Å²) in [4.78, 5) is 24.8. The third-order valence-corrected chi connectivity index (χ3v) is 3.84. The summed E-state index contributed by atoms with van der Waals surface area (Å²) < 4.78 is 5.18. The number of nitrogens with one attached hydrogen (secondary N) is 2. The summed E-state index contributed by atoms with van der Waals surface area (Å²) in [5.41, 5.74) is 0.389. The molecule has 0 saturated carbocycles. The SMILES string of the molecule is CCC(O)CCNC(=O)C(NC(=O)c1ccccc1OC)C(C)C. The Morgan fingerprint density at radius 2 is 1.92 bits per heavy atom. The van der Waals surface area contributed by atoms with Crippen molar-refractivity contribution in [1.82, 2.24) is 10.6 Å². The Bertz CT molecular complexity index is 546. The summed E-state index contributed by atoms with van der Waals surface area (Å²) in [6, 6.07) is 6.23. The molecule has 24 heavy (non-hydrogen) atoms. The van der Waals surface area contributed by atoms with Crippen LogP contribution in [-0.2, 0) is 4.79 Å². The minimum Gasteiger partial charge on any atom is -0.496 e. The fraction of sp³-hybridized carbons (Fsp3) is 0.556. The standard InChI is InChI=1S/C18H28N2O4/c1-5-13(21)10-11-19-18(23)16(12(2)3)20-17(22)14-8-6-7-9-15(14)24-4/h6-9,12-13,16,21H,5,10-11H2,1-4H3,(H,19,23)(H,20,22). The number of methoxy groups -OCH3 is 1. The lowest BCUT2D eigenvalue weighted by Crippen LogP contribution is -2.50. The highest BCUT2D eigenvalue weighted by Gasteiger charge is 2.25. The summed E-state index contributed by atoms with van der Waals surface area (Å²) in [5, 5.41) is 15.1. The highest BCUT2D eigenvalue weighted by Crippen LogP contribution is 2.17. The van der Waals surface area contributed by atoms with E-state index in [9.17, 15) is 14.7 Å². The van der Waals surface area contributed by atoms with Crippen LogP contribution in [0.2, 0.25) is 0 Å². The highest BCUT2D eigenvalue weighted by molar-refractivity contribution is 5.99. The molecule has 0 spiro atoms. The molecule has 3 N–H and O–H groups in total. The number of benzene rings is 1. The van der Waals surface area contributed by atoms with E-state index in [0.29, 0.717) is 30.7 Å². The summed E-state index contributed by atoms with van der Waals surface area (Å²) in [7, 11) is 1.50. The van der Waals surface area contributed by atoms with Gasteiger partial charge in [-0.05, 0) is 30.9 Å². The van der Waals surface area contributed by atoms with Gasteiger partial charge < -0.3 is 20.5 Å². The van der Waals surface area contributed by atoms with Crippen LogP contribution in [0.15, 0.2) is 24.3 Å². The van der Waals surface area contributed by atoms with E-state index >= 15 is 0 Å².